The third-order valence-corrected chi connectivity index (χ3v) is 2.57. The molecule has 0 aliphatic carbocycles. The fourth-order valence-corrected chi connectivity index (χ4v) is 1.36. The van der Waals surface area contributed by atoms with Crippen molar-refractivity contribution in [2.45, 2.75) is 25.3 Å². The molecule has 0 atom stereocenters. The van der Waals surface area contributed by atoms with Gasteiger partial charge in [-0.05, 0) is 39.0 Å². The van der Waals surface area contributed by atoms with Gasteiger partial charge in [0.1, 0.15) is 0 Å². The van der Waals surface area contributed by atoms with Gasteiger partial charge in [-0.25, -0.2) is 0 Å². The number of hydrogen-bond acceptors (Lipinski definition) is 6. The zero-order chi connectivity index (χ0) is 13.1. The molecule has 0 amide bonds. The highest BCUT2D eigenvalue weighted by atomic mass is 16.6. The number of rotatable bonds is 11. The molecule has 0 aromatic heterocycles. The van der Waals surface area contributed by atoms with Gasteiger partial charge in [-0.3, -0.25) is 10.1 Å². The largest absolute Gasteiger partial charge is 0.330 e. The summed E-state index contributed by atoms with van der Waals surface area (Å²) in [7, 11) is 0. The molecule has 0 spiro atoms. The smallest absolute Gasteiger partial charge is 0.243 e. The molecule has 0 radical (unpaired) electrons. The molecule has 7 heteroatoms. The number of nitro groups is 1. The minimum absolute atomic E-state index is 0.238. The van der Waals surface area contributed by atoms with E-state index < -0.39 is 5.54 Å². The summed E-state index contributed by atoms with van der Waals surface area (Å²) in [4.78, 5) is 10.8. The van der Waals surface area contributed by atoms with Gasteiger partial charge < -0.3 is 22.1 Å². The van der Waals surface area contributed by atoms with Crippen molar-refractivity contribution in [1.29, 1.82) is 0 Å². The van der Waals surface area contributed by atoms with Crippen molar-refractivity contribution in [2.24, 2.45) is 11.5 Å². The molecule has 0 unspecified atom stereocenters. The molecule has 0 aromatic rings. The summed E-state index contributed by atoms with van der Waals surface area (Å²) in [5.41, 5.74) is 9.72. The highest BCUT2D eigenvalue weighted by Gasteiger charge is 2.35. The molecule has 0 bridgehead atoms. The summed E-state index contributed by atoms with van der Waals surface area (Å²) >= 11 is 0. The van der Waals surface area contributed by atoms with Crippen LogP contribution in [0.15, 0.2) is 0 Å². The van der Waals surface area contributed by atoms with Gasteiger partial charge in [0.05, 0.1) is 13.1 Å². The van der Waals surface area contributed by atoms with Gasteiger partial charge in [-0.2, -0.15) is 0 Å². The quantitative estimate of drug-likeness (QED) is 0.209. The second kappa shape index (κ2) is 9.29. The Labute approximate surface area is 102 Å². The second-order valence-corrected chi connectivity index (χ2v) is 4.39. The van der Waals surface area contributed by atoms with Crippen molar-refractivity contribution < 1.29 is 4.92 Å². The third kappa shape index (κ3) is 7.22. The Morgan fingerprint density at radius 1 is 1.12 bits per heavy atom. The average Bonchev–Trinajstić information content (AvgIpc) is 2.30. The fourth-order valence-electron chi connectivity index (χ4n) is 1.36. The van der Waals surface area contributed by atoms with Crippen LogP contribution >= 0.6 is 0 Å². The highest BCUT2D eigenvalue weighted by molar-refractivity contribution is 4.79. The lowest BCUT2D eigenvalue weighted by Gasteiger charge is -2.22. The van der Waals surface area contributed by atoms with E-state index in [2.05, 4.69) is 10.6 Å². The lowest BCUT2D eigenvalue weighted by Crippen LogP contribution is -2.52. The monoisotopic (exact) mass is 247 g/mol. The summed E-state index contributed by atoms with van der Waals surface area (Å²) in [6.07, 6.45) is 1.66. The van der Waals surface area contributed by atoms with Crippen molar-refractivity contribution in [1.82, 2.24) is 10.6 Å². The van der Waals surface area contributed by atoms with Crippen LogP contribution in [0.4, 0.5) is 0 Å². The molecule has 0 aliphatic rings. The molecule has 0 aliphatic heterocycles. The van der Waals surface area contributed by atoms with E-state index in [9.17, 15) is 10.1 Å². The van der Waals surface area contributed by atoms with Gasteiger partial charge in [-0.1, -0.05) is 0 Å². The Morgan fingerprint density at radius 2 is 1.53 bits per heavy atom. The maximum Gasteiger partial charge on any atom is 0.243 e. The van der Waals surface area contributed by atoms with Crippen LogP contribution in [0.1, 0.15) is 19.8 Å². The van der Waals surface area contributed by atoms with Crippen LogP contribution in [0.25, 0.3) is 0 Å². The van der Waals surface area contributed by atoms with Crippen molar-refractivity contribution in [2.75, 3.05) is 39.3 Å². The lowest BCUT2D eigenvalue weighted by atomic mass is 10.0. The average molecular weight is 247 g/mol. The standard InChI is InChI=1S/C10H25N5O2/c1-10(15(16)17,8-13-6-2-4-11)9-14-7-3-5-12/h13-14H,2-9,11-12H2,1H3. The normalized spacial score (nSPS) is 11.7. The van der Waals surface area contributed by atoms with Gasteiger partial charge in [-0.15, -0.1) is 0 Å². The Morgan fingerprint density at radius 3 is 1.82 bits per heavy atom. The molecule has 0 saturated carbocycles. The summed E-state index contributed by atoms with van der Waals surface area (Å²) in [6, 6.07) is 0. The first-order chi connectivity index (χ1) is 8.06. The molecule has 17 heavy (non-hydrogen) atoms. The minimum Gasteiger partial charge on any atom is -0.330 e. The van der Waals surface area contributed by atoms with E-state index >= 15 is 0 Å². The Hall–Kier alpha value is -0.760. The molecular weight excluding hydrogens is 222 g/mol. The van der Waals surface area contributed by atoms with Crippen LogP contribution < -0.4 is 22.1 Å². The Bertz CT molecular complexity index is 201. The number of hydrogen-bond donors (Lipinski definition) is 4. The van der Waals surface area contributed by atoms with Gasteiger partial charge >= 0.3 is 0 Å². The summed E-state index contributed by atoms with van der Waals surface area (Å²) < 4.78 is 0. The van der Waals surface area contributed by atoms with Gasteiger partial charge in [0.15, 0.2) is 0 Å². The first-order valence-corrected chi connectivity index (χ1v) is 6.03. The van der Waals surface area contributed by atoms with Gasteiger partial charge in [0, 0.05) is 11.8 Å². The van der Waals surface area contributed by atoms with Crippen LogP contribution in [0.2, 0.25) is 0 Å². The SMILES string of the molecule is CC(CNCCCN)(CNCCCN)[N+](=O)[O-]. The van der Waals surface area contributed by atoms with E-state index in [1.807, 2.05) is 0 Å². The lowest BCUT2D eigenvalue weighted by molar-refractivity contribution is -0.560. The minimum atomic E-state index is -0.983. The molecule has 0 heterocycles. The van der Waals surface area contributed by atoms with Crippen LogP contribution in [0.5, 0.6) is 0 Å². The highest BCUT2D eigenvalue weighted by Crippen LogP contribution is 2.06. The zero-order valence-electron chi connectivity index (χ0n) is 10.6. The first kappa shape index (κ1) is 16.2. The predicted octanol–water partition coefficient (Wildman–Crippen LogP) is -1.10. The maximum absolute atomic E-state index is 11.0. The number of nitrogens with zero attached hydrogens (tertiary/aromatic N) is 1. The number of nitrogens with one attached hydrogen (secondary N) is 2. The first-order valence-electron chi connectivity index (χ1n) is 6.03. The zero-order valence-corrected chi connectivity index (χ0v) is 10.6. The Balaban J connectivity index is 3.94. The number of nitrogens with two attached hydrogens (primary N) is 2. The van der Waals surface area contributed by atoms with Crippen LogP contribution in [0, 0.1) is 10.1 Å². The summed E-state index contributed by atoms with van der Waals surface area (Å²) in [5.74, 6) is 0. The molecule has 7 nitrogen and oxygen atoms in total. The fraction of sp³-hybridized carbons (Fsp3) is 1.00. The van der Waals surface area contributed by atoms with E-state index in [-0.39, 0.29) is 4.92 Å². The van der Waals surface area contributed by atoms with Crippen LogP contribution in [0.3, 0.4) is 0 Å². The van der Waals surface area contributed by atoms with E-state index in [1.54, 1.807) is 6.92 Å². The third-order valence-electron chi connectivity index (χ3n) is 2.57. The van der Waals surface area contributed by atoms with E-state index in [4.69, 9.17) is 11.5 Å². The molecule has 0 saturated heterocycles. The van der Waals surface area contributed by atoms with E-state index in [1.165, 1.54) is 0 Å². The molecule has 0 fully saturated rings. The maximum atomic E-state index is 11.0. The van der Waals surface area contributed by atoms with Crippen molar-refractivity contribution in [3.8, 4) is 0 Å². The Kier molecular flexibility index (Phi) is 8.87. The molecular formula is C10H25N5O2. The van der Waals surface area contributed by atoms with Crippen LogP contribution in [-0.2, 0) is 0 Å². The van der Waals surface area contributed by atoms with Crippen molar-refractivity contribution in [3.63, 3.8) is 0 Å². The van der Waals surface area contributed by atoms with E-state index in [0.29, 0.717) is 39.3 Å². The summed E-state index contributed by atoms with van der Waals surface area (Å²) in [6.45, 7) is 4.93. The molecule has 0 rings (SSSR count). The predicted molar refractivity (Wildman–Crippen MR) is 68.5 cm³/mol. The molecule has 0 aromatic carbocycles. The molecule has 102 valence electrons. The topological polar surface area (TPSA) is 119 Å². The summed E-state index contributed by atoms with van der Waals surface area (Å²) in [5, 5.41) is 17.2. The van der Waals surface area contributed by atoms with E-state index in [0.717, 1.165) is 12.8 Å². The van der Waals surface area contributed by atoms with Crippen LogP contribution in [-0.4, -0.2) is 49.7 Å². The van der Waals surface area contributed by atoms with Crippen molar-refractivity contribution >= 4 is 0 Å². The second-order valence-electron chi connectivity index (χ2n) is 4.39. The van der Waals surface area contributed by atoms with Gasteiger partial charge in [0.25, 0.3) is 0 Å². The van der Waals surface area contributed by atoms with Gasteiger partial charge in [0.2, 0.25) is 5.54 Å². The molecule has 6 N–H and O–H groups in total. The van der Waals surface area contributed by atoms with Crippen molar-refractivity contribution in [3.05, 3.63) is 10.1 Å².